The normalized spacial score (nSPS) is 10.5. The van der Waals surface area contributed by atoms with Gasteiger partial charge in [0.15, 0.2) is 12.4 Å². The van der Waals surface area contributed by atoms with Crippen LogP contribution in [0.15, 0.2) is 30.3 Å². The van der Waals surface area contributed by atoms with Crippen molar-refractivity contribution in [3.8, 4) is 5.75 Å². The Morgan fingerprint density at radius 3 is 2.43 bits per heavy atom. The van der Waals surface area contributed by atoms with Crippen LogP contribution in [0.1, 0.15) is 27.0 Å². The van der Waals surface area contributed by atoms with Crippen molar-refractivity contribution in [2.24, 2.45) is 0 Å². The number of aryl methyl sites for hydroxylation is 3. The number of rotatable bonds is 4. The van der Waals surface area contributed by atoms with Gasteiger partial charge in [0.25, 0.3) is 0 Å². The van der Waals surface area contributed by atoms with Gasteiger partial charge in [0.05, 0.1) is 5.02 Å². The Bertz CT molecular complexity index is 695. The number of ether oxygens (including phenoxy) is 1. The van der Waals surface area contributed by atoms with Crippen LogP contribution in [-0.4, -0.2) is 12.4 Å². The van der Waals surface area contributed by atoms with Crippen molar-refractivity contribution < 1.29 is 13.9 Å². The molecule has 4 heteroatoms. The maximum atomic E-state index is 13.3. The third kappa shape index (κ3) is 3.61. The van der Waals surface area contributed by atoms with Crippen LogP contribution in [0.4, 0.5) is 4.39 Å². The van der Waals surface area contributed by atoms with Crippen molar-refractivity contribution in [2.75, 3.05) is 6.61 Å². The van der Waals surface area contributed by atoms with Crippen molar-refractivity contribution in [3.63, 3.8) is 0 Å². The van der Waals surface area contributed by atoms with Crippen LogP contribution in [-0.2, 0) is 0 Å². The molecule has 0 aromatic heterocycles. The second-order valence-electron chi connectivity index (χ2n) is 5.04. The predicted octanol–water partition coefficient (Wildman–Crippen LogP) is 4.67. The molecule has 0 amide bonds. The molecule has 2 aromatic rings. The highest BCUT2D eigenvalue weighted by Gasteiger charge is 2.12. The lowest BCUT2D eigenvalue weighted by molar-refractivity contribution is 0.0920. The van der Waals surface area contributed by atoms with Gasteiger partial charge in [-0.3, -0.25) is 4.79 Å². The van der Waals surface area contributed by atoms with Gasteiger partial charge in [0, 0.05) is 11.6 Å². The van der Waals surface area contributed by atoms with Crippen LogP contribution in [0, 0.1) is 26.6 Å². The first-order chi connectivity index (χ1) is 9.88. The molecule has 2 nitrogen and oxygen atoms in total. The lowest BCUT2D eigenvalue weighted by atomic mass is 9.98. The molecule has 0 unspecified atom stereocenters. The molecule has 0 atom stereocenters. The molecule has 0 N–H and O–H groups in total. The van der Waals surface area contributed by atoms with Crippen molar-refractivity contribution in [3.05, 3.63) is 63.4 Å². The number of ketones is 1. The van der Waals surface area contributed by atoms with Crippen LogP contribution < -0.4 is 4.74 Å². The fourth-order valence-corrected chi connectivity index (χ4v) is 2.17. The Balaban J connectivity index is 2.11. The lowest BCUT2D eigenvalue weighted by Crippen LogP contribution is -2.13. The summed E-state index contributed by atoms with van der Waals surface area (Å²) in [5.74, 6) is -0.415. The smallest absolute Gasteiger partial charge is 0.200 e. The summed E-state index contributed by atoms with van der Waals surface area (Å²) in [7, 11) is 0. The zero-order valence-corrected chi connectivity index (χ0v) is 12.9. The number of hydrogen-bond donors (Lipinski definition) is 0. The minimum Gasteiger partial charge on any atom is -0.485 e. The Morgan fingerprint density at radius 2 is 1.76 bits per heavy atom. The van der Waals surface area contributed by atoms with E-state index in [4.69, 9.17) is 16.3 Å². The average Bonchev–Trinajstić information content (AvgIpc) is 2.44. The number of halogens is 2. The maximum absolute atomic E-state index is 13.3. The van der Waals surface area contributed by atoms with E-state index in [1.54, 1.807) is 0 Å². The second kappa shape index (κ2) is 6.27. The van der Waals surface area contributed by atoms with Crippen LogP contribution >= 0.6 is 11.6 Å². The van der Waals surface area contributed by atoms with Crippen LogP contribution in [0.3, 0.4) is 0 Å². The van der Waals surface area contributed by atoms with Gasteiger partial charge in [-0.25, -0.2) is 4.39 Å². The lowest BCUT2D eigenvalue weighted by Gasteiger charge is -2.10. The van der Waals surface area contributed by atoms with E-state index in [9.17, 15) is 9.18 Å². The van der Waals surface area contributed by atoms with Crippen LogP contribution in [0.5, 0.6) is 5.75 Å². The van der Waals surface area contributed by atoms with E-state index < -0.39 is 5.82 Å². The molecule has 0 saturated carbocycles. The molecule has 0 radical (unpaired) electrons. The summed E-state index contributed by atoms with van der Waals surface area (Å²) in [5, 5.41) is 0.0266. The molecule has 21 heavy (non-hydrogen) atoms. The molecule has 0 saturated heterocycles. The molecule has 0 bridgehead atoms. The highest BCUT2D eigenvalue weighted by Crippen LogP contribution is 2.21. The molecular formula is C17H16ClFO2. The van der Waals surface area contributed by atoms with Gasteiger partial charge in [-0.1, -0.05) is 17.7 Å². The van der Waals surface area contributed by atoms with Crippen molar-refractivity contribution in [1.29, 1.82) is 0 Å². The summed E-state index contributed by atoms with van der Waals surface area (Å²) in [6.07, 6.45) is 0. The van der Waals surface area contributed by atoms with Gasteiger partial charge >= 0.3 is 0 Å². The molecule has 2 aromatic carbocycles. The molecule has 2 rings (SSSR count). The first kappa shape index (κ1) is 15.5. The molecule has 110 valence electrons. The first-order valence-electron chi connectivity index (χ1n) is 6.57. The minimum absolute atomic E-state index is 0.0266. The van der Waals surface area contributed by atoms with E-state index in [0.29, 0.717) is 5.56 Å². The van der Waals surface area contributed by atoms with E-state index in [1.165, 1.54) is 18.2 Å². The topological polar surface area (TPSA) is 26.3 Å². The Kier molecular flexibility index (Phi) is 4.63. The molecule has 0 aliphatic rings. The summed E-state index contributed by atoms with van der Waals surface area (Å²) >= 11 is 5.59. The van der Waals surface area contributed by atoms with Gasteiger partial charge < -0.3 is 4.74 Å². The summed E-state index contributed by atoms with van der Waals surface area (Å²) < 4.78 is 18.6. The zero-order chi connectivity index (χ0) is 15.6. The summed E-state index contributed by atoms with van der Waals surface area (Å²) in [4.78, 5) is 12.2. The summed E-state index contributed by atoms with van der Waals surface area (Å²) in [6.45, 7) is 5.72. The highest BCUT2D eigenvalue weighted by atomic mass is 35.5. The largest absolute Gasteiger partial charge is 0.485 e. The Hall–Kier alpha value is -1.87. The standard InChI is InChI=1S/C17H16ClFO2/c1-10-6-12(3)14(7-11(10)2)17(20)9-21-13-4-5-15(18)16(19)8-13/h4-8H,9H2,1-3H3. The van der Waals surface area contributed by atoms with Gasteiger partial charge in [-0.05, 0) is 55.7 Å². The summed E-state index contributed by atoms with van der Waals surface area (Å²) in [5.41, 5.74) is 3.74. The number of carbonyl (C=O) groups is 1. The Labute approximate surface area is 128 Å². The van der Waals surface area contributed by atoms with Gasteiger partial charge in [-0.2, -0.15) is 0 Å². The SMILES string of the molecule is Cc1cc(C)c(C(=O)COc2ccc(Cl)c(F)c2)cc1C. The van der Waals surface area contributed by atoms with Crippen molar-refractivity contribution in [1.82, 2.24) is 0 Å². The number of benzene rings is 2. The second-order valence-corrected chi connectivity index (χ2v) is 5.45. The first-order valence-corrected chi connectivity index (χ1v) is 6.95. The van der Waals surface area contributed by atoms with Gasteiger partial charge in [0.2, 0.25) is 0 Å². The number of hydrogen-bond acceptors (Lipinski definition) is 2. The third-order valence-corrected chi connectivity index (χ3v) is 3.71. The number of carbonyl (C=O) groups excluding carboxylic acids is 1. The molecule has 0 fully saturated rings. The van der Waals surface area contributed by atoms with E-state index in [0.717, 1.165) is 16.7 Å². The fourth-order valence-electron chi connectivity index (χ4n) is 2.05. The third-order valence-electron chi connectivity index (χ3n) is 3.40. The number of Topliss-reactive ketones (excluding diaryl/α,β-unsaturated/α-hetero) is 1. The van der Waals surface area contributed by atoms with E-state index in [-0.39, 0.29) is 23.2 Å². The van der Waals surface area contributed by atoms with Crippen LogP contribution in [0.2, 0.25) is 5.02 Å². The maximum Gasteiger partial charge on any atom is 0.200 e. The van der Waals surface area contributed by atoms with E-state index >= 15 is 0 Å². The minimum atomic E-state index is -0.566. The quantitative estimate of drug-likeness (QED) is 0.768. The monoisotopic (exact) mass is 306 g/mol. The predicted molar refractivity (Wildman–Crippen MR) is 81.9 cm³/mol. The summed E-state index contributed by atoms with van der Waals surface area (Å²) in [6, 6.07) is 7.94. The van der Waals surface area contributed by atoms with Gasteiger partial charge in [0.1, 0.15) is 11.6 Å². The fraction of sp³-hybridized carbons (Fsp3) is 0.235. The van der Waals surface area contributed by atoms with Gasteiger partial charge in [-0.15, -0.1) is 0 Å². The molecular weight excluding hydrogens is 291 g/mol. The zero-order valence-electron chi connectivity index (χ0n) is 12.2. The molecule has 0 aliphatic heterocycles. The highest BCUT2D eigenvalue weighted by molar-refractivity contribution is 6.30. The molecule has 0 spiro atoms. The van der Waals surface area contributed by atoms with E-state index in [1.807, 2.05) is 32.9 Å². The van der Waals surface area contributed by atoms with Crippen LogP contribution in [0.25, 0.3) is 0 Å². The van der Waals surface area contributed by atoms with Crippen molar-refractivity contribution in [2.45, 2.75) is 20.8 Å². The average molecular weight is 307 g/mol. The van der Waals surface area contributed by atoms with Crippen molar-refractivity contribution >= 4 is 17.4 Å². The van der Waals surface area contributed by atoms with E-state index in [2.05, 4.69) is 0 Å². The Morgan fingerprint density at radius 1 is 1.10 bits per heavy atom. The molecule has 0 aliphatic carbocycles. The molecule has 0 heterocycles.